The van der Waals surface area contributed by atoms with Crippen molar-refractivity contribution in [1.29, 1.82) is 0 Å². The van der Waals surface area contributed by atoms with Crippen LogP contribution >= 0.6 is 0 Å². The third kappa shape index (κ3) is 4.17. The molecule has 8 nitrogen and oxygen atoms in total. The van der Waals surface area contributed by atoms with Crippen molar-refractivity contribution in [3.63, 3.8) is 0 Å². The number of ether oxygens (including phenoxy) is 1. The minimum Gasteiger partial charge on any atom is -0.504 e. The third-order valence-corrected chi connectivity index (χ3v) is 6.17. The summed E-state index contributed by atoms with van der Waals surface area (Å²) < 4.78 is 10.9. The van der Waals surface area contributed by atoms with Crippen molar-refractivity contribution in [3.8, 4) is 22.9 Å². The number of phenolic OH excluding ortho intramolecular Hbond substituents is 1. The van der Waals surface area contributed by atoms with Gasteiger partial charge in [0.25, 0.3) is 5.89 Å². The fraction of sp³-hybridized carbons (Fsp3) is 0.179. The third-order valence-electron chi connectivity index (χ3n) is 6.17. The first-order chi connectivity index (χ1) is 17.4. The first-order valence-corrected chi connectivity index (χ1v) is 11.5. The zero-order valence-electron chi connectivity index (χ0n) is 20.4. The maximum Gasteiger partial charge on any atom is 0.326 e. The van der Waals surface area contributed by atoms with Gasteiger partial charge >= 0.3 is 6.03 Å². The Bertz CT molecular complexity index is 1460. The minimum absolute atomic E-state index is 0.0338. The van der Waals surface area contributed by atoms with Crippen molar-refractivity contribution in [2.24, 2.45) is 0 Å². The first kappa shape index (κ1) is 23.2. The fourth-order valence-electron chi connectivity index (χ4n) is 4.58. The van der Waals surface area contributed by atoms with Gasteiger partial charge in [-0.2, -0.15) is 4.98 Å². The molecule has 2 amide bonds. The van der Waals surface area contributed by atoms with Crippen LogP contribution in [0.3, 0.4) is 0 Å². The summed E-state index contributed by atoms with van der Waals surface area (Å²) in [6.07, 6.45) is 0. The van der Waals surface area contributed by atoms with Crippen LogP contribution in [-0.2, 0) is 0 Å². The van der Waals surface area contributed by atoms with E-state index in [2.05, 4.69) is 21.5 Å². The molecule has 8 heteroatoms. The molecule has 2 heterocycles. The number of carbonyl (C=O) groups is 1. The number of allylic oxidation sites excluding steroid dienone is 1. The molecule has 1 unspecified atom stereocenters. The van der Waals surface area contributed by atoms with Gasteiger partial charge in [0.2, 0.25) is 5.82 Å². The molecule has 0 spiro atoms. The van der Waals surface area contributed by atoms with E-state index in [4.69, 9.17) is 9.26 Å². The highest BCUT2D eigenvalue weighted by atomic mass is 16.5. The molecule has 0 radical (unpaired) electrons. The van der Waals surface area contributed by atoms with Gasteiger partial charge in [0.1, 0.15) is 0 Å². The standard InChI is InChI=1S/C28H26N4O4/c1-16-12-17(2)14-21(13-16)32-18(3)24(27-30-26(31-36-27)19-8-6-5-7-9-19)25(29-28(32)34)20-10-11-23(35-4)22(33)15-20/h5-15,25,33H,1-4H3,(H,29,34). The number of anilines is 1. The second kappa shape index (κ2) is 9.22. The highest BCUT2D eigenvalue weighted by Crippen LogP contribution is 2.41. The number of aromatic nitrogens is 2. The number of nitrogens with one attached hydrogen (secondary N) is 1. The van der Waals surface area contributed by atoms with Crippen LogP contribution in [0.2, 0.25) is 0 Å². The fourth-order valence-corrected chi connectivity index (χ4v) is 4.58. The monoisotopic (exact) mass is 482 g/mol. The number of hydrogen-bond donors (Lipinski definition) is 2. The lowest BCUT2D eigenvalue weighted by Gasteiger charge is -2.35. The summed E-state index contributed by atoms with van der Waals surface area (Å²) in [5.74, 6) is 1.02. The van der Waals surface area contributed by atoms with Crippen LogP contribution in [0.15, 0.2) is 77.0 Å². The number of rotatable bonds is 5. The molecule has 1 aliphatic heterocycles. The molecule has 0 saturated carbocycles. The highest BCUT2D eigenvalue weighted by molar-refractivity contribution is 6.01. The molecule has 5 rings (SSSR count). The molecular formula is C28H26N4O4. The van der Waals surface area contributed by atoms with E-state index in [1.54, 1.807) is 23.1 Å². The number of urea groups is 1. The Kier molecular flexibility index (Phi) is 5.93. The molecule has 2 N–H and O–H groups in total. The van der Waals surface area contributed by atoms with E-state index >= 15 is 0 Å². The summed E-state index contributed by atoms with van der Waals surface area (Å²) in [6, 6.07) is 19.6. The van der Waals surface area contributed by atoms with Crippen molar-refractivity contribution in [1.82, 2.24) is 15.5 Å². The normalized spacial score (nSPS) is 15.7. The Morgan fingerprint density at radius 1 is 1.00 bits per heavy atom. The largest absolute Gasteiger partial charge is 0.504 e. The lowest BCUT2D eigenvalue weighted by atomic mass is 9.94. The van der Waals surface area contributed by atoms with Crippen LogP contribution < -0.4 is 15.0 Å². The number of hydrogen-bond acceptors (Lipinski definition) is 6. The summed E-state index contributed by atoms with van der Waals surface area (Å²) in [7, 11) is 1.48. The molecular weight excluding hydrogens is 456 g/mol. The number of aryl methyl sites for hydroxylation is 2. The number of phenols is 1. The lowest BCUT2D eigenvalue weighted by molar-refractivity contribution is 0.244. The van der Waals surface area contributed by atoms with E-state index in [0.29, 0.717) is 28.4 Å². The number of amides is 2. The molecule has 1 aromatic heterocycles. The molecule has 0 bridgehead atoms. The molecule has 36 heavy (non-hydrogen) atoms. The topological polar surface area (TPSA) is 101 Å². The van der Waals surface area contributed by atoms with E-state index in [9.17, 15) is 9.90 Å². The van der Waals surface area contributed by atoms with E-state index in [1.807, 2.05) is 63.2 Å². The van der Waals surface area contributed by atoms with E-state index in [0.717, 1.165) is 22.4 Å². The quantitative estimate of drug-likeness (QED) is 0.375. The number of methoxy groups -OCH3 is 1. The van der Waals surface area contributed by atoms with Gasteiger partial charge in [-0.15, -0.1) is 0 Å². The summed E-state index contributed by atoms with van der Waals surface area (Å²) in [5, 5.41) is 17.7. The first-order valence-electron chi connectivity index (χ1n) is 11.5. The van der Waals surface area contributed by atoms with Crippen LogP contribution in [0.25, 0.3) is 17.0 Å². The molecule has 0 aliphatic carbocycles. The maximum absolute atomic E-state index is 13.4. The van der Waals surface area contributed by atoms with Gasteiger partial charge in [-0.3, -0.25) is 4.90 Å². The van der Waals surface area contributed by atoms with Crippen molar-refractivity contribution in [3.05, 3.63) is 95.0 Å². The predicted octanol–water partition coefficient (Wildman–Crippen LogP) is 5.77. The molecule has 4 aromatic rings. The van der Waals surface area contributed by atoms with Crippen LogP contribution in [-0.4, -0.2) is 28.4 Å². The number of aromatic hydroxyl groups is 1. The number of benzene rings is 3. The second-order valence-corrected chi connectivity index (χ2v) is 8.78. The Hall–Kier alpha value is -4.59. The van der Waals surface area contributed by atoms with Crippen LogP contribution in [0.1, 0.15) is 35.5 Å². The lowest BCUT2D eigenvalue weighted by Crippen LogP contribution is -2.46. The van der Waals surface area contributed by atoms with Crippen molar-refractivity contribution in [2.45, 2.75) is 26.8 Å². The van der Waals surface area contributed by atoms with Gasteiger partial charge in [0.05, 0.1) is 24.4 Å². The van der Waals surface area contributed by atoms with Gasteiger partial charge in [-0.1, -0.05) is 47.6 Å². The van der Waals surface area contributed by atoms with Gasteiger partial charge in [0, 0.05) is 11.3 Å². The Labute approximate surface area is 208 Å². The van der Waals surface area contributed by atoms with Gasteiger partial charge in [0.15, 0.2) is 11.5 Å². The van der Waals surface area contributed by atoms with Gasteiger partial charge < -0.3 is 19.7 Å². The average Bonchev–Trinajstić information content (AvgIpc) is 3.33. The van der Waals surface area contributed by atoms with Crippen molar-refractivity contribution in [2.75, 3.05) is 12.0 Å². The van der Waals surface area contributed by atoms with Crippen molar-refractivity contribution >= 4 is 17.3 Å². The van der Waals surface area contributed by atoms with E-state index < -0.39 is 6.04 Å². The van der Waals surface area contributed by atoms with Crippen LogP contribution in [0.5, 0.6) is 11.5 Å². The maximum atomic E-state index is 13.4. The number of carbonyl (C=O) groups excluding carboxylic acids is 1. The van der Waals surface area contributed by atoms with Crippen LogP contribution in [0.4, 0.5) is 10.5 Å². The molecule has 3 aromatic carbocycles. The van der Waals surface area contributed by atoms with E-state index in [-0.39, 0.29) is 17.7 Å². The summed E-state index contributed by atoms with van der Waals surface area (Å²) >= 11 is 0. The second-order valence-electron chi connectivity index (χ2n) is 8.78. The molecule has 1 aliphatic rings. The van der Waals surface area contributed by atoms with Gasteiger partial charge in [-0.05, 0) is 61.7 Å². The van der Waals surface area contributed by atoms with Gasteiger partial charge in [-0.25, -0.2) is 4.79 Å². The molecule has 182 valence electrons. The molecule has 1 atom stereocenters. The number of nitrogens with zero attached hydrogens (tertiary/aromatic N) is 3. The Morgan fingerprint density at radius 2 is 1.72 bits per heavy atom. The minimum atomic E-state index is -0.638. The highest BCUT2D eigenvalue weighted by Gasteiger charge is 2.37. The van der Waals surface area contributed by atoms with Crippen LogP contribution in [0, 0.1) is 13.8 Å². The molecule has 0 saturated heterocycles. The van der Waals surface area contributed by atoms with E-state index in [1.165, 1.54) is 7.11 Å². The Balaban J connectivity index is 1.68. The summed E-state index contributed by atoms with van der Waals surface area (Å²) in [5.41, 5.74) is 5.56. The SMILES string of the molecule is COc1ccc(C2NC(=O)N(c3cc(C)cc(C)c3)C(C)=C2c2nc(-c3ccccc3)no2)cc1O. The summed E-state index contributed by atoms with van der Waals surface area (Å²) in [6.45, 7) is 5.84. The smallest absolute Gasteiger partial charge is 0.326 e. The molecule has 0 fully saturated rings. The summed E-state index contributed by atoms with van der Waals surface area (Å²) in [4.78, 5) is 19.7. The average molecular weight is 483 g/mol. The van der Waals surface area contributed by atoms with Crippen molar-refractivity contribution < 1.29 is 19.2 Å². The zero-order chi connectivity index (χ0) is 25.4. The Morgan fingerprint density at radius 3 is 2.39 bits per heavy atom. The zero-order valence-corrected chi connectivity index (χ0v) is 20.4. The predicted molar refractivity (Wildman–Crippen MR) is 137 cm³/mol.